The lowest BCUT2D eigenvalue weighted by Gasteiger charge is -2.04. The molecule has 0 unspecified atom stereocenters. The summed E-state index contributed by atoms with van der Waals surface area (Å²) in [4.78, 5) is 10.6. The van der Waals surface area contributed by atoms with Crippen molar-refractivity contribution in [2.75, 3.05) is 5.32 Å². The number of rotatable bonds is 1. The summed E-state index contributed by atoms with van der Waals surface area (Å²) in [6.07, 6.45) is 0. The van der Waals surface area contributed by atoms with Gasteiger partial charge in [0.1, 0.15) is 0 Å². The quantitative estimate of drug-likeness (QED) is 0.348. The number of benzene rings is 1. The molecule has 0 atom stereocenters. The minimum absolute atomic E-state index is 0.261. The Morgan fingerprint density at radius 3 is 2.69 bits per heavy atom. The van der Waals surface area contributed by atoms with Crippen LogP contribution in [0.1, 0.15) is 0 Å². The van der Waals surface area contributed by atoms with Crippen LogP contribution < -0.4 is 16.6 Å². The summed E-state index contributed by atoms with van der Waals surface area (Å²) in [5.74, 6) is 2.58. The van der Waals surface area contributed by atoms with Crippen LogP contribution >= 0.6 is 0 Å². The van der Waals surface area contributed by atoms with Gasteiger partial charge >= 0.3 is 6.03 Å². The number of urea groups is 1. The van der Waals surface area contributed by atoms with E-state index in [1.54, 1.807) is 5.43 Å². The molecular weight excluding hydrogens is 180 g/mol. The van der Waals surface area contributed by atoms with Crippen molar-refractivity contribution in [3.8, 4) is 0 Å². The van der Waals surface area contributed by atoms with Crippen molar-refractivity contribution in [2.45, 2.75) is 0 Å². The van der Waals surface area contributed by atoms with Crippen LogP contribution in [0.5, 0.6) is 0 Å². The second-order valence-corrected chi connectivity index (χ2v) is 2.20. The van der Waals surface area contributed by atoms with E-state index in [4.69, 9.17) is 5.84 Å². The number of amides is 2. The fourth-order valence-electron chi connectivity index (χ4n) is 0.759. The third kappa shape index (κ3) is 2.12. The van der Waals surface area contributed by atoms with Crippen LogP contribution in [-0.4, -0.2) is 6.03 Å². The van der Waals surface area contributed by atoms with E-state index >= 15 is 0 Å². The van der Waals surface area contributed by atoms with Gasteiger partial charge in [-0.15, -0.1) is 0 Å². The number of halogens is 2. The molecule has 13 heavy (non-hydrogen) atoms. The number of anilines is 1. The number of carbonyl (C=O) groups excluding carboxylic acids is 1. The van der Waals surface area contributed by atoms with E-state index in [0.29, 0.717) is 0 Å². The third-order valence-electron chi connectivity index (χ3n) is 1.33. The van der Waals surface area contributed by atoms with Gasteiger partial charge in [0.2, 0.25) is 0 Å². The average molecular weight is 187 g/mol. The van der Waals surface area contributed by atoms with Crippen LogP contribution in [0, 0.1) is 11.6 Å². The highest BCUT2D eigenvalue weighted by Gasteiger charge is 2.08. The van der Waals surface area contributed by atoms with E-state index in [1.807, 2.05) is 5.32 Å². The molecule has 0 saturated carbocycles. The van der Waals surface area contributed by atoms with Crippen molar-refractivity contribution in [3.63, 3.8) is 0 Å². The molecule has 6 heteroatoms. The highest BCUT2D eigenvalue weighted by atomic mass is 19.2. The molecule has 0 heterocycles. The molecule has 1 aromatic carbocycles. The van der Waals surface area contributed by atoms with Gasteiger partial charge in [0.05, 0.1) is 5.69 Å². The van der Waals surface area contributed by atoms with Gasteiger partial charge in [-0.3, -0.25) is 5.43 Å². The van der Waals surface area contributed by atoms with Gasteiger partial charge in [-0.2, -0.15) is 0 Å². The molecule has 4 N–H and O–H groups in total. The monoisotopic (exact) mass is 187 g/mol. The first-order valence-corrected chi connectivity index (χ1v) is 3.36. The summed E-state index contributed by atoms with van der Waals surface area (Å²) in [5, 5.41) is 2.01. The lowest BCUT2D eigenvalue weighted by Crippen LogP contribution is -2.34. The number of hydrogen-bond donors (Lipinski definition) is 3. The number of hydrogen-bond acceptors (Lipinski definition) is 2. The highest BCUT2D eigenvalue weighted by molar-refractivity contribution is 5.88. The first-order valence-electron chi connectivity index (χ1n) is 3.36. The summed E-state index contributed by atoms with van der Waals surface area (Å²) in [6, 6.07) is 2.61. The van der Waals surface area contributed by atoms with Gasteiger partial charge in [-0.05, 0) is 12.1 Å². The minimum atomic E-state index is -1.12. The molecule has 70 valence electrons. The van der Waals surface area contributed by atoms with E-state index < -0.39 is 17.7 Å². The molecular formula is C7H7F2N3O. The molecule has 0 aromatic heterocycles. The maximum atomic E-state index is 12.8. The van der Waals surface area contributed by atoms with Crippen LogP contribution in [0.3, 0.4) is 0 Å². The van der Waals surface area contributed by atoms with E-state index in [1.165, 1.54) is 12.1 Å². The third-order valence-corrected chi connectivity index (χ3v) is 1.33. The maximum absolute atomic E-state index is 12.8. The van der Waals surface area contributed by atoms with Gasteiger partial charge < -0.3 is 5.32 Å². The largest absolute Gasteiger partial charge is 0.333 e. The molecule has 0 saturated heterocycles. The van der Waals surface area contributed by atoms with Crippen molar-refractivity contribution in [3.05, 3.63) is 29.8 Å². The Hall–Kier alpha value is -1.69. The fourth-order valence-corrected chi connectivity index (χ4v) is 0.759. The number of hydrazine groups is 1. The van der Waals surface area contributed by atoms with Crippen LogP contribution in [0.25, 0.3) is 0 Å². The average Bonchev–Trinajstić information content (AvgIpc) is 2.13. The molecule has 0 aliphatic heterocycles. The van der Waals surface area contributed by atoms with Gasteiger partial charge in [0.15, 0.2) is 11.6 Å². The molecule has 2 amide bonds. The SMILES string of the molecule is NNC(=O)Nc1cccc(F)c1F. The zero-order valence-corrected chi connectivity index (χ0v) is 6.47. The van der Waals surface area contributed by atoms with Gasteiger partial charge in [0.25, 0.3) is 0 Å². The molecule has 1 rings (SSSR count). The molecule has 0 bridgehead atoms. The summed E-state index contributed by atoms with van der Waals surface area (Å²) < 4.78 is 25.4. The normalized spacial score (nSPS) is 9.46. The maximum Gasteiger partial charge on any atom is 0.333 e. The zero-order chi connectivity index (χ0) is 9.84. The van der Waals surface area contributed by atoms with Crippen LogP contribution in [0.15, 0.2) is 18.2 Å². The van der Waals surface area contributed by atoms with Crippen molar-refractivity contribution >= 4 is 11.7 Å². The molecule has 4 nitrogen and oxygen atoms in total. The Morgan fingerprint density at radius 2 is 2.08 bits per heavy atom. The van der Waals surface area contributed by atoms with E-state index in [2.05, 4.69) is 0 Å². The van der Waals surface area contributed by atoms with Crippen LogP contribution in [0.4, 0.5) is 19.3 Å². The standard InChI is InChI=1S/C7H7F2N3O/c8-4-2-1-3-5(6(4)9)11-7(13)12-10/h1-3H,10H2,(H2,11,12,13). The van der Waals surface area contributed by atoms with Crippen molar-refractivity contribution in [2.24, 2.45) is 5.84 Å². The second kappa shape index (κ2) is 3.81. The lowest BCUT2D eigenvalue weighted by atomic mass is 10.3. The summed E-state index contributed by atoms with van der Waals surface area (Å²) in [7, 11) is 0. The second-order valence-electron chi connectivity index (χ2n) is 2.20. The van der Waals surface area contributed by atoms with Crippen molar-refractivity contribution in [1.82, 2.24) is 5.43 Å². The summed E-state index contributed by atoms with van der Waals surface area (Å²) in [5.41, 5.74) is 1.46. The Labute approximate surface area is 72.7 Å². The first-order chi connectivity index (χ1) is 6.15. The van der Waals surface area contributed by atoms with Gasteiger partial charge in [-0.25, -0.2) is 19.4 Å². The predicted octanol–water partition coefficient (Wildman–Crippen LogP) is 0.960. The Balaban J connectivity index is 2.89. The van der Waals surface area contributed by atoms with Gasteiger partial charge in [-0.1, -0.05) is 6.07 Å². The predicted molar refractivity (Wildman–Crippen MR) is 42.7 cm³/mol. The molecule has 0 aliphatic carbocycles. The van der Waals surface area contributed by atoms with Crippen molar-refractivity contribution < 1.29 is 13.6 Å². The van der Waals surface area contributed by atoms with Gasteiger partial charge in [0, 0.05) is 0 Å². The number of nitrogens with one attached hydrogen (secondary N) is 2. The summed E-state index contributed by atoms with van der Waals surface area (Å²) in [6.45, 7) is 0. The zero-order valence-electron chi connectivity index (χ0n) is 6.47. The molecule has 0 radical (unpaired) electrons. The first kappa shape index (κ1) is 9.40. The smallest absolute Gasteiger partial charge is 0.304 e. The van der Waals surface area contributed by atoms with E-state index in [9.17, 15) is 13.6 Å². The Bertz CT molecular complexity index is 330. The molecule has 0 fully saturated rings. The number of nitrogens with two attached hydrogens (primary N) is 1. The molecule has 0 aliphatic rings. The van der Waals surface area contributed by atoms with E-state index in [-0.39, 0.29) is 5.69 Å². The van der Waals surface area contributed by atoms with Crippen molar-refractivity contribution in [1.29, 1.82) is 0 Å². The highest BCUT2D eigenvalue weighted by Crippen LogP contribution is 2.15. The lowest BCUT2D eigenvalue weighted by molar-refractivity contribution is 0.252. The minimum Gasteiger partial charge on any atom is -0.304 e. The Kier molecular flexibility index (Phi) is 2.76. The number of carbonyl (C=O) groups is 1. The summed E-state index contributed by atoms with van der Waals surface area (Å²) >= 11 is 0. The molecule has 0 spiro atoms. The Morgan fingerprint density at radius 1 is 1.38 bits per heavy atom. The molecule has 1 aromatic rings. The topological polar surface area (TPSA) is 67.1 Å². The van der Waals surface area contributed by atoms with E-state index in [0.717, 1.165) is 6.07 Å². The fraction of sp³-hybridized carbons (Fsp3) is 0. The van der Waals surface area contributed by atoms with Crippen LogP contribution in [0.2, 0.25) is 0 Å². The van der Waals surface area contributed by atoms with Crippen LogP contribution in [-0.2, 0) is 0 Å².